The average Bonchev–Trinajstić information content (AvgIpc) is 3.27. The molecule has 1 aliphatic carbocycles. The number of carbonyl (C=O) groups excluding carboxylic acids is 1. The van der Waals surface area contributed by atoms with Gasteiger partial charge in [0, 0.05) is 25.6 Å². The van der Waals surface area contributed by atoms with Gasteiger partial charge in [0.25, 0.3) is 0 Å². The van der Waals surface area contributed by atoms with Crippen LogP contribution in [-0.4, -0.2) is 47.6 Å². The van der Waals surface area contributed by atoms with Gasteiger partial charge >= 0.3 is 0 Å². The van der Waals surface area contributed by atoms with E-state index in [0.29, 0.717) is 23.5 Å². The minimum absolute atomic E-state index is 0.0800. The number of nitrogens with zero attached hydrogens (tertiary/aromatic N) is 3. The van der Waals surface area contributed by atoms with Gasteiger partial charge in [-0.05, 0) is 56.6 Å². The maximum absolute atomic E-state index is 13.0. The summed E-state index contributed by atoms with van der Waals surface area (Å²) in [6.07, 6.45) is 7.70. The van der Waals surface area contributed by atoms with E-state index in [2.05, 4.69) is 32.2 Å². The van der Waals surface area contributed by atoms with Crippen molar-refractivity contribution in [3.8, 4) is 0 Å². The van der Waals surface area contributed by atoms with Crippen LogP contribution >= 0.6 is 11.7 Å². The molecule has 7 nitrogen and oxygen atoms in total. The highest BCUT2D eigenvalue weighted by Gasteiger charge is 2.30. The van der Waals surface area contributed by atoms with Crippen LogP contribution in [-0.2, 0) is 14.8 Å². The summed E-state index contributed by atoms with van der Waals surface area (Å²) in [5.74, 6) is 0.631. The molecule has 0 saturated heterocycles. The molecular formula is C22H34N4O3S2. The Morgan fingerprint density at radius 1 is 1.10 bits per heavy atom. The highest BCUT2D eigenvalue weighted by molar-refractivity contribution is 7.89. The zero-order chi connectivity index (χ0) is 22.3. The smallest absolute Gasteiger partial charge is 0.242 e. The molecule has 3 rings (SSSR count). The van der Waals surface area contributed by atoms with Crippen molar-refractivity contribution in [2.24, 2.45) is 11.8 Å². The Kier molecular flexibility index (Phi) is 8.80. The molecule has 1 heterocycles. The lowest BCUT2D eigenvalue weighted by molar-refractivity contribution is -0.137. The lowest BCUT2D eigenvalue weighted by Crippen LogP contribution is -2.40. The number of aromatic nitrogens is 2. The second-order valence-corrected chi connectivity index (χ2v) is 10.8. The molecule has 31 heavy (non-hydrogen) atoms. The van der Waals surface area contributed by atoms with Crippen LogP contribution < -0.4 is 4.72 Å². The normalized spacial score (nSPS) is 19.5. The first-order chi connectivity index (χ1) is 15.0. The number of hydrogen-bond acceptors (Lipinski definition) is 6. The molecule has 1 saturated carbocycles. The molecular weight excluding hydrogens is 432 g/mol. The minimum Gasteiger partial charge on any atom is -0.342 e. The first kappa shape index (κ1) is 24.1. The lowest BCUT2D eigenvalue weighted by Gasteiger charge is -2.32. The largest absolute Gasteiger partial charge is 0.342 e. The Bertz CT molecular complexity index is 945. The zero-order valence-corrected chi connectivity index (χ0v) is 20.2. The van der Waals surface area contributed by atoms with Gasteiger partial charge in [0.1, 0.15) is 15.9 Å². The number of benzene rings is 1. The van der Waals surface area contributed by atoms with Crippen LogP contribution in [0, 0.1) is 11.8 Å². The molecule has 2 aromatic rings. The Morgan fingerprint density at radius 2 is 1.77 bits per heavy atom. The van der Waals surface area contributed by atoms with Crippen molar-refractivity contribution in [1.82, 2.24) is 18.4 Å². The van der Waals surface area contributed by atoms with Crippen molar-refractivity contribution < 1.29 is 13.2 Å². The van der Waals surface area contributed by atoms with Crippen LogP contribution in [0.2, 0.25) is 0 Å². The van der Waals surface area contributed by atoms with Gasteiger partial charge < -0.3 is 4.90 Å². The van der Waals surface area contributed by atoms with Crippen molar-refractivity contribution in [2.45, 2.75) is 70.1 Å². The third-order valence-electron chi connectivity index (χ3n) is 6.17. The standard InChI is InChI=1S/C22H34N4O3S2/c1-3-5-14-26(15-6-4-2)22(27)18-12-10-17(11-13-18)16-23-31(28,29)20-9-7-8-19-21(20)25-30-24-19/h7-9,17-18,23H,3-6,10-16H2,1-2H3. The van der Waals surface area contributed by atoms with E-state index in [1.807, 2.05) is 0 Å². The molecule has 172 valence electrons. The molecule has 1 aromatic heterocycles. The summed E-state index contributed by atoms with van der Waals surface area (Å²) in [7, 11) is -3.64. The van der Waals surface area contributed by atoms with Gasteiger partial charge in [-0.3, -0.25) is 4.79 Å². The highest BCUT2D eigenvalue weighted by atomic mass is 32.2. The second-order valence-electron chi connectivity index (χ2n) is 8.49. The van der Waals surface area contributed by atoms with Gasteiger partial charge in [0.15, 0.2) is 0 Å². The predicted octanol–water partition coefficient (Wildman–Crippen LogP) is 4.20. The summed E-state index contributed by atoms with van der Waals surface area (Å²) in [4.78, 5) is 15.3. The fourth-order valence-corrected chi connectivity index (χ4v) is 6.09. The molecule has 1 aliphatic rings. The highest BCUT2D eigenvalue weighted by Crippen LogP contribution is 2.30. The van der Waals surface area contributed by atoms with E-state index in [-0.39, 0.29) is 16.7 Å². The van der Waals surface area contributed by atoms with Gasteiger partial charge in [-0.15, -0.1) is 0 Å². The third kappa shape index (κ3) is 6.23. The predicted molar refractivity (Wildman–Crippen MR) is 124 cm³/mol. The molecule has 1 fully saturated rings. The number of hydrogen-bond donors (Lipinski definition) is 1. The maximum atomic E-state index is 13.0. The van der Waals surface area contributed by atoms with Crippen LogP contribution in [0.3, 0.4) is 0 Å². The zero-order valence-electron chi connectivity index (χ0n) is 18.5. The maximum Gasteiger partial charge on any atom is 0.242 e. The van der Waals surface area contributed by atoms with Gasteiger partial charge in [-0.2, -0.15) is 8.75 Å². The van der Waals surface area contributed by atoms with Crippen LogP contribution in [0.4, 0.5) is 0 Å². The summed E-state index contributed by atoms with van der Waals surface area (Å²) in [5, 5.41) is 0. The fraction of sp³-hybridized carbons (Fsp3) is 0.682. The van der Waals surface area contributed by atoms with E-state index in [4.69, 9.17) is 0 Å². The molecule has 0 atom stereocenters. The summed E-state index contributed by atoms with van der Waals surface area (Å²) in [5.41, 5.74) is 1.02. The summed E-state index contributed by atoms with van der Waals surface area (Å²) in [6.45, 7) is 6.41. The molecule has 1 aromatic carbocycles. The van der Waals surface area contributed by atoms with E-state index in [1.165, 1.54) is 0 Å². The van der Waals surface area contributed by atoms with Crippen LogP contribution in [0.25, 0.3) is 11.0 Å². The van der Waals surface area contributed by atoms with Gasteiger partial charge in [0.05, 0.1) is 11.7 Å². The molecule has 0 unspecified atom stereocenters. The minimum atomic E-state index is -3.64. The Balaban J connectivity index is 1.52. The first-order valence-corrected chi connectivity index (χ1v) is 13.7. The van der Waals surface area contributed by atoms with E-state index in [9.17, 15) is 13.2 Å². The molecule has 0 aliphatic heterocycles. The number of sulfonamides is 1. The number of nitrogens with one attached hydrogen (secondary N) is 1. The van der Waals surface area contributed by atoms with E-state index in [0.717, 1.165) is 76.2 Å². The van der Waals surface area contributed by atoms with Crippen molar-refractivity contribution in [3.63, 3.8) is 0 Å². The third-order valence-corrected chi connectivity index (χ3v) is 8.17. The van der Waals surface area contributed by atoms with Crippen molar-refractivity contribution in [1.29, 1.82) is 0 Å². The number of fused-ring (bicyclic) bond motifs is 1. The Morgan fingerprint density at radius 3 is 2.42 bits per heavy atom. The topological polar surface area (TPSA) is 92.3 Å². The summed E-state index contributed by atoms with van der Waals surface area (Å²) in [6, 6.07) is 5.03. The quantitative estimate of drug-likeness (QED) is 0.536. The molecule has 1 N–H and O–H groups in total. The fourth-order valence-electron chi connectivity index (χ4n) is 4.21. The van der Waals surface area contributed by atoms with Gasteiger partial charge in [0.2, 0.25) is 15.9 Å². The van der Waals surface area contributed by atoms with Gasteiger partial charge in [-0.25, -0.2) is 13.1 Å². The van der Waals surface area contributed by atoms with Crippen molar-refractivity contribution >= 4 is 38.7 Å². The summed E-state index contributed by atoms with van der Waals surface area (Å²) >= 11 is 1.02. The second kappa shape index (κ2) is 11.3. The number of carbonyl (C=O) groups is 1. The number of unbranched alkanes of at least 4 members (excludes halogenated alkanes) is 2. The Labute approximate surface area is 190 Å². The average molecular weight is 467 g/mol. The van der Waals surface area contributed by atoms with Crippen LogP contribution in [0.5, 0.6) is 0 Å². The molecule has 1 amide bonds. The van der Waals surface area contributed by atoms with Crippen LogP contribution in [0.15, 0.2) is 23.1 Å². The van der Waals surface area contributed by atoms with E-state index >= 15 is 0 Å². The SMILES string of the molecule is CCCCN(CCCC)C(=O)C1CCC(CNS(=O)(=O)c2cccc3nsnc23)CC1. The molecule has 0 spiro atoms. The first-order valence-electron chi connectivity index (χ1n) is 11.5. The van der Waals surface area contributed by atoms with Gasteiger partial charge in [-0.1, -0.05) is 32.8 Å². The Hall–Kier alpha value is -1.58. The number of amides is 1. The van der Waals surface area contributed by atoms with Crippen molar-refractivity contribution in [2.75, 3.05) is 19.6 Å². The monoisotopic (exact) mass is 466 g/mol. The molecule has 9 heteroatoms. The lowest BCUT2D eigenvalue weighted by atomic mass is 9.81. The molecule has 0 radical (unpaired) electrons. The van der Waals surface area contributed by atoms with Crippen LogP contribution in [0.1, 0.15) is 65.2 Å². The van der Waals surface area contributed by atoms with E-state index < -0.39 is 10.0 Å². The summed E-state index contributed by atoms with van der Waals surface area (Å²) < 4.78 is 36.7. The molecule has 0 bridgehead atoms. The number of rotatable bonds is 11. The van der Waals surface area contributed by atoms with E-state index in [1.54, 1.807) is 18.2 Å². The van der Waals surface area contributed by atoms with Crippen molar-refractivity contribution in [3.05, 3.63) is 18.2 Å².